The lowest BCUT2D eigenvalue weighted by Crippen LogP contribution is -2.40. The number of carbonyl (C=O) groups is 2. The van der Waals surface area contributed by atoms with Gasteiger partial charge in [0.25, 0.3) is 0 Å². The SMILES string of the molecule is CC(=O)Nc1ccc(CNC(=O)C2CCN(c3cnccn3)CC2)cc1. The average Bonchev–Trinajstić information content (AvgIpc) is 2.67. The van der Waals surface area contributed by atoms with Gasteiger partial charge in [0.1, 0.15) is 5.82 Å². The first-order valence-corrected chi connectivity index (χ1v) is 8.77. The Kier molecular flexibility index (Phi) is 5.78. The van der Waals surface area contributed by atoms with Crippen LogP contribution in [0.1, 0.15) is 25.3 Å². The normalized spacial score (nSPS) is 14.7. The third-order valence-electron chi connectivity index (χ3n) is 4.48. The summed E-state index contributed by atoms with van der Waals surface area (Å²) in [4.78, 5) is 34.0. The number of piperidine rings is 1. The minimum Gasteiger partial charge on any atom is -0.355 e. The van der Waals surface area contributed by atoms with Gasteiger partial charge in [-0.2, -0.15) is 0 Å². The van der Waals surface area contributed by atoms with Crippen molar-refractivity contribution in [3.8, 4) is 0 Å². The van der Waals surface area contributed by atoms with Crippen molar-refractivity contribution < 1.29 is 9.59 Å². The standard InChI is InChI=1S/C19H23N5O2/c1-14(25)23-17-4-2-15(3-5-17)12-22-19(26)16-6-10-24(11-7-16)18-13-20-8-9-21-18/h2-5,8-9,13,16H,6-7,10-12H2,1H3,(H,22,26)(H,23,25). The van der Waals surface area contributed by atoms with E-state index in [-0.39, 0.29) is 17.7 Å². The molecule has 136 valence electrons. The predicted molar refractivity (Wildman–Crippen MR) is 99.6 cm³/mol. The Balaban J connectivity index is 1.45. The largest absolute Gasteiger partial charge is 0.355 e. The molecule has 1 aromatic carbocycles. The Hall–Kier alpha value is -2.96. The fourth-order valence-corrected chi connectivity index (χ4v) is 3.07. The zero-order valence-corrected chi connectivity index (χ0v) is 14.8. The number of nitrogens with zero attached hydrogens (tertiary/aromatic N) is 3. The molecule has 26 heavy (non-hydrogen) atoms. The van der Waals surface area contributed by atoms with Gasteiger partial charge < -0.3 is 15.5 Å². The highest BCUT2D eigenvalue weighted by Gasteiger charge is 2.25. The minimum absolute atomic E-state index is 0.0292. The van der Waals surface area contributed by atoms with Crippen molar-refractivity contribution in [2.75, 3.05) is 23.3 Å². The van der Waals surface area contributed by atoms with Gasteiger partial charge in [0, 0.05) is 50.6 Å². The highest BCUT2D eigenvalue weighted by molar-refractivity contribution is 5.88. The molecule has 0 spiro atoms. The number of aromatic nitrogens is 2. The van der Waals surface area contributed by atoms with Crippen LogP contribution < -0.4 is 15.5 Å². The molecule has 3 rings (SSSR count). The van der Waals surface area contributed by atoms with E-state index in [9.17, 15) is 9.59 Å². The summed E-state index contributed by atoms with van der Waals surface area (Å²) in [6.07, 6.45) is 6.72. The molecule has 0 saturated carbocycles. The Morgan fingerprint density at radius 2 is 1.88 bits per heavy atom. The van der Waals surface area contributed by atoms with E-state index in [0.29, 0.717) is 6.54 Å². The first kappa shape index (κ1) is 17.8. The first-order chi connectivity index (χ1) is 12.6. The Morgan fingerprint density at radius 3 is 2.50 bits per heavy atom. The molecule has 2 N–H and O–H groups in total. The van der Waals surface area contributed by atoms with Crippen molar-refractivity contribution in [2.45, 2.75) is 26.3 Å². The van der Waals surface area contributed by atoms with Crippen LogP contribution in [0.5, 0.6) is 0 Å². The molecule has 2 amide bonds. The summed E-state index contributed by atoms with van der Waals surface area (Å²) >= 11 is 0. The highest BCUT2D eigenvalue weighted by atomic mass is 16.2. The van der Waals surface area contributed by atoms with Crippen molar-refractivity contribution >= 4 is 23.3 Å². The molecule has 1 aliphatic rings. The Bertz CT molecular complexity index is 740. The van der Waals surface area contributed by atoms with Crippen LogP contribution in [0.2, 0.25) is 0 Å². The molecule has 2 aromatic rings. The minimum atomic E-state index is -0.0983. The van der Waals surface area contributed by atoms with Gasteiger partial charge in [-0.1, -0.05) is 12.1 Å². The van der Waals surface area contributed by atoms with Crippen molar-refractivity contribution in [1.82, 2.24) is 15.3 Å². The van der Waals surface area contributed by atoms with Crippen LogP contribution in [0.3, 0.4) is 0 Å². The number of hydrogen-bond donors (Lipinski definition) is 2. The lowest BCUT2D eigenvalue weighted by atomic mass is 9.96. The fourth-order valence-electron chi connectivity index (χ4n) is 3.07. The van der Waals surface area contributed by atoms with Crippen molar-refractivity contribution in [3.05, 3.63) is 48.4 Å². The molecule has 0 atom stereocenters. The fraction of sp³-hybridized carbons (Fsp3) is 0.368. The summed E-state index contributed by atoms with van der Waals surface area (Å²) in [7, 11) is 0. The van der Waals surface area contributed by atoms with E-state index in [0.717, 1.165) is 43.0 Å². The average molecular weight is 353 g/mol. The molecule has 1 saturated heterocycles. The van der Waals surface area contributed by atoms with Gasteiger partial charge in [0.15, 0.2) is 0 Å². The van der Waals surface area contributed by atoms with Crippen LogP contribution >= 0.6 is 0 Å². The third kappa shape index (κ3) is 4.78. The summed E-state index contributed by atoms with van der Waals surface area (Å²) in [5.41, 5.74) is 1.76. The quantitative estimate of drug-likeness (QED) is 0.858. The van der Waals surface area contributed by atoms with E-state index in [4.69, 9.17) is 0 Å². The number of benzene rings is 1. The summed E-state index contributed by atoms with van der Waals surface area (Å²) in [6.45, 7) is 3.58. The zero-order chi connectivity index (χ0) is 18.4. The third-order valence-corrected chi connectivity index (χ3v) is 4.48. The van der Waals surface area contributed by atoms with Crippen LogP contribution in [0.25, 0.3) is 0 Å². The second-order valence-corrected chi connectivity index (χ2v) is 6.42. The maximum atomic E-state index is 12.4. The van der Waals surface area contributed by atoms with Crippen LogP contribution in [-0.4, -0.2) is 34.9 Å². The summed E-state index contributed by atoms with van der Waals surface area (Å²) in [5, 5.41) is 5.74. The molecule has 7 nitrogen and oxygen atoms in total. The Morgan fingerprint density at radius 1 is 1.15 bits per heavy atom. The molecule has 2 heterocycles. The summed E-state index contributed by atoms with van der Waals surface area (Å²) < 4.78 is 0. The van der Waals surface area contributed by atoms with Gasteiger partial charge in [0.05, 0.1) is 6.20 Å². The summed E-state index contributed by atoms with van der Waals surface area (Å²) in [6, 6.07) is 7.48. The maximum Gasteiger partial charge on any atom is 0.223 e. The van der Waals surface area contributed by atoms with Gasteiger partial charge >= 0.3 is 0 Å². The highest BCUT2D eigenvalue weighted by Crippen LogP contribution is 2.21. The first-order valence-electron chi connectivity index (χ1n) is 8.77. The predicted octanol–water partition coefficient (Wildman–Crippen LogP) is 1.97. The Labute approximate surface area is 152 Å². The van der Waals surface area contributed by atoms with Gasteiger partial charge in [-0.05, 0) is 30.5 Å². The lowest BCUT2D eigenvalue weighted by molar-refractivity contribution is -0.125. The maximum absolute atomic E-state index is 12.4. The van der Waals surface area contributed by atoms with Crippen molar-refractivity contribution in [2.24, 2.45) is 5.92 Å². The molecular weight excluding hydrogens is 330 g/mol. The van der Waals surface area contributed by atoms with E-state index in [1.807, 2.05) is 24.3 Å². The van der Waals surface area contributed by atoms with E-state index in [2.05, 4.69) is 25.5 Å². The van der Waals surface area contributed by atoms with E-state index in [1.54, 1.807) is 18.6 Å². The molecule has 7 heteroatoms. The number of rotatable bonds is 5. The smallest absolute Gasteiger partial charge is 0.223 e. The molecule has 0 unspecified atom stereocenters. The number of carbonyl (C=O) groups excluding carboxylic acids is 2. The van der Waals surface area contributed by atoms with E-state index >= 15 is 0 Å². The number of amides is 2. The second-order valence-electron chi connectivity index (χ2n) is 6.42. The van der Waals surface area contributed by atoms with Crippen LogP contribution in [-0.2, 0) is 16.1 Å². The van der Waals surface area contributed by atoms with Gasteiger partial charge in [-0.3, -0.25) is 14.6 Å². The van der Waals surface area contributed by atoms with Crippen molar-refractivity contribution in [3.63, 3.8) is 0 Å². The van der Waals surface area contributed by atoms with Crippen molar-refractivity contribution in [1.29, 1.82) is 0 Å². The topological polar surface area (TPSA) is 87.2 Å². The molecule has 0 bridgehead atoms. The van der Waals surface area contributed by atoms with Gasteiger partial charge in [-0.15, -0.1) is 0 Å². The molecule has 1 aromatic heterocycles. The summed E-state index contributed by atoms with van der Waals surface area (Å²) in [5.74, 6) is 0.890. The number of hydrogen-bond acceptors (Lipinski definition) is 5. The lowest BCUT2D eigenvalue weighted by Gasteiger charge is -2.31. The zero-order valence-electron chi connectivity index (χ0n) is 14.8. The van der Waals surface area contributed by atoms with Crippen LogP contribution in [0.15, 0.2) is 42.9 Å². The monoisotopic (exact) mass is 353 g/mol. The number of anilines is 2. The van der Waals surface area contributed by atoms with E-state index < -0.39 is 0 Å². The second kappa shape index (κ2) is 8.42. The van der Waals surface area contributed by atoms with Crippen LogP contribution in [0.4, 0.5) is 11.5 Å². The molecular formula is C19H23N5O2. The number of nitrogens with one attached hydrogen (secondary N) is 2. The van der Waals surface area contributed by atoms with Crippen LogP contribution in [0, 0.1) is 5.92 Å². The van der Waals surface area contributed by atoms with Gasteiger partial charge in [0.2, 0.25) is 11.8 Å². The molecule has 0 radical (unpaired) electrons. The molecule has 1 fully saturated rings. The molecule has 0 aliphatic carbocycles. The van der Waals surface area contributed by atoms with Gasteiger partial charge in [-0.25, -0.2) is 4.98 Å². The molecule has 1 aliphatic heterocycles. The van der Waals surface area contributed by atoms with E-state index in [1.165, 1.54) is 6.92 Å².